The van der Waals surface area contributed by atoms with Crippen molar-refractivity contribution < 1.29 is 14.7 Å². The number of aliphatic imine (C=N–C) groups is 1. The number of carbonyl (C=O) groups excluding carboxylic acids is 1. The number of rotatable bonds is 6. The molecule has 1 unspecified atom stereocenters. The molecule has 0 aliphatic carbocycles. The predicted octanol–water partition coefficient (Wildman–Crippen LogP) is 2.37. The molecule has 2 rings (SSSR count). The highest BCUT2D eigenvalue weighted by molar-refractivity contribution is 5.90. The fourth-order valence-electron chi connectivity index (χ4n) is 1.90. The van der Waals surface area contributed by atoms with Crippen LogP contribution in [0, 0.1) is 0 Å². The van der Waals surface area contributed by atoms with Crippen molar-refractivity contribution >= 4 is 18.2 Å². The van der Waals surface area contributed by atoms with Gasteiger partial charge in [0.15, 0.2) is 0 Å². The zero-order valence-corrected chi connectivity index (χ0v) is 11.6. The van der Waals surface area contributed by atoms with Gasteiger partial charge in [-0.1, -0.05) is 24.3 Å². The maximum Gasteiger partial charge on any atom is 0.267 e. The van der Waals surface area contributed by atoms with Crippen molar-refractivity contribution in [3.05, 3.63) is 48.1 Å². The highest BCUT2D eigenvalue weighted by atomic mass is 16.5. The molecule has 1 heterocycles. The van der Waals surface area contributed by atoms with Crippen molar-refractivity contribution in [2.75, 3.05) is 6.61 Å². The Bertz CT molecular complexity index is 535. The van der Waals surface area contributed by atoms with Gasteiger partial charge in [0.1, 0.15) is 5.75 Å². The Balaban J connectivity index is 1.78. The number of carbonyl (C=O) groups is 1. The van der Waals surface area contributed by atoms with Crippen LogP contribution in [0.15, 0.2) is 47.5 Å². The summed E-state index contributed by atoms with van der Waals surface area (Å²) in [5.74, 6) is 0.221. The maximum absolute atomic E-state index is 10.9. The first-order valence-corrected chi connectivity index (χ1v) is 6.81. The summed E-state index contributed by atoms with van der Waals surface area (Å²) in [5.41, 5.74) is 2.39. The van der Waals surface area contributed by atoms with Crippen LogP contribution >= 0.6 is 0 Å². The molecule has 1 atom stereocenters. The second kappa shape index (κ2) is 8.01. The van der Waals surface area contributed by atoms with Gasteiger partial charge in [-0.05, 0) is 23.8 Å². The van der Waals surface area contributed by atoms with Gasteiger partial charge in [-0.15, -0.1) is 0 Å². The average molecular weight is 286 g/mol. The predicted molar refractivity (Wildman–Crippen MR) is 81.6 cm³/mol. The highest BCUT2D eigenvalue weighted by Gasteiger charge is 2.04. The van der Waals surface area contributed by atoms with Gasteiger partial charge in [0, 0.05) is 25.1 Å². The number of hydroxylamine groups is 1. The van der Waals surface area contributed by atoms with Gasteiger partial charge in [-0.25, -0.2) is 5.48 Å². The molecule has 0 saturated carbocycles. The number of benzene rings is 1. The fourth-order valence-corrected chi connectivity index (χ4v) is 1.90. The lowest BCUT2D eigenvalue weighted by Crippen LogP contribution is -2.14. The Hall–Kier alpha value is -2.40. The molecule has 0 saturated heterocycles. The molecule has 1 aliphatic rings. The summed E-state index contributed by atoms with van der Waals surface area (Å²) in [6.45, 7) is 0.606. The van der Waals surface area contributed by atoms with E-state index in [2.05, 4.69) is 17.1 Å². The number of allylic oxidation sites excluding steroid dienone is 1. The van der Waals surface area contributed by atoms with Crippen LogP contribution in [-0.4, -0.2) is 30.0 Å². The normalized spacial score (nSPS) is 17.1. The molecule has 0 aromatic heterocycles. The van der Waals surface area contributed by atoms with E-state index < -0.39 is 5.91 Å². The number of dihydropyridines is 1. The van der Waals surface area contributed by atoms with Crippen LogP contribution in [0.25, 0.3) is 6.08 Å². The number of hydrogen-bond donors (Lipinski definition) is 2. The lowest BCUT2D eigenvalue weighted by atomic mass is 10.1. The van der Waals surface area contributed by atoms with E-state index in [1.165, 1.54) is 11.6 Å². The Morgan fingerprint density at radius 1 is 1.43 bits per heavy atom. The molecule has 1 aliphatic heterocycles. The van der Waals surface area contributed by atoms with E-state index in [1.807, 2.05) is 30.5 Å². The molecule has 21 heavy (non-hydrogen) atoms. The first-order chi connectivity index (χ1) is 10.3. The molecule has 1 aromatic rings. The molecule has 5 nitrogen and oxygen atoms in total. The summed E-state index contributed by atoms with van der Waals surface area (Å²) in [5, 5.41) is 8.38. The van der Waals surface area contributed by atoms with Crippen LogP contribution in [0.2, 0.25) is 0 Å². The Morgan fingerprint density at radius 3 is 2.90 bits per heavy atom. The first-order valence-electron chi connectivity index (χ1n) is 6.81. The van der Waals surface area contributed by atoms with Gasteiger partial charge < -0.3 is 4.74 Å². The zero-order valence-electron chi connectivity index (χ0n) is 11.6. The molecule has 5 heteroatoms. The summed E-state index contributed by atoms with van der Waals surface area (Å²) in [6, 6.07) is 7.59. The van der Waals surface area contributed by atoms with E-state index in [9.17, 15) is 4.79 Å². The van der Waals surface area contributed by atoms with Gasteiger partial charge in [0.25, 0.3) is 5.91 Å². The van der Waals surface area contributed by atoms with E-state index in [-0.39, 0.29) is 6.04 Å². The molecule has 1 aromatic carbocycles. The van der Waals surface area contributed by atoms with Crippen LogP contribution in [0.3, 0.4) is 0 Å². The Kier molecular flexibility index (Phi) is 5.72. The minimum absolute atomic E-state index is 0.220. The summed E-state index contributed by atoms with van der Waals surface area (Å²) in [4.78, 5) is 15.2. The molecule has 1 amide bonds. The molecular weight excluding hydrogens is 268 g/mol. The molecule has 0 bridgehead atoms. The van der Waals surface area contributed by atoms with Gasteiger partial charge in [0.05, 0.1) is 12.6 Å². The maximum atomic E-state index is 10.9. The van der Waals surface area contributed by atoms with Crippen LogP contribution < -0.4 is 10.2 Å². The lowest BCUT2D eigenvalue weighted by Gasteiger charge is -2.11. The second-order valence-electron chi connectivity index (χ2n) is 4.58. The van der Waals surface area contributed by atoms with E-state index in [4.69, 9.17) is 9.94 Å². The standard InChI is InChI=1S/C16H18N2O3/c19-16(18-20)9-6-13-4-7-15(8-5-13)21-12-10-14-3-1-2-11-17-14/h1,3-9,11,14,20H,2,10,12H2,(H,18,19)/b9-6+. The number of nitrogens with one attached hydrogen (secondary N) is 1. The topological polar surface area (TPSA) is 70.9 Å². The quantitative estimate of drug-likeness (QED) is 0.365. The minimum atomic E-state index is -0.559. The van der Waals surface area contributed by atoms with E-state index in [0.29, 0.717) is 6.61 Å². The number of nitrogens with zero attached hydrogens (tertiary/aromatic N) is 1. The number of hydrogen-bond acceptors (Lipinski definition) is 4. The molecule has 0 fully saturated rings. The van der Waals surface area contributed by atoms with Crippen molar-refractivity contribution in [3.63, 3.8) is 0 Å². The summed E-state index contributed by atoms with van der Waals surface area (Å²) in [7, 11) is 0. The zero-order chi connectivity index (χ0) is 14.9. The fraction of sp³-hybridized carbons (Fsp3) is 0.250. The van der Waals surface area contributed by atoms with Crippen LogP contribution in [0.5, 0.6) is 5.75 Å². The van der Waals surface area contributed by atoms with Crippen molar-refractivity contribution in [1.29, 1.82) is 0 Å². The average Bonchev–Trinajstić information content (AvgIpc) is 2.55. The lowest BCUT2D eigenvalue weighted by molar-refractivity contribution is -0.124. The first kappa shape index (κ1) is 15.0. The third-order valence-electron chi connectivity index (χ3n) is 3.00. The van der Waals surface area contributed by atoms with Gasteiger partial charge in [0.2, 0.25) is 0 Å². The van der Waals surface area contributed by atoms with Crippen molar-refractivity contribution in [3.8, 4) is 5.75 Å². The number of amides is 1. The molecule has 2 N–H and O–H groups in total. The third kappa shape index (κ3) is 5.24. The van der Waals surface area contributed by atoms with Crippen molar-refractivity contribution in [2.45, 2.75) is 18.9 Å². The molecule has 0 radical (unpaired) electrons. The third-order valence-corrected chi connectivity index (χ3v) is 3.00. The largest absolute Gasteiger partial charge is 0.494 e. The molecule has 110 valence electrons. The van der Waals surface area contributed by atoms with Crippen molar-refractivity contribution in [1.82, 2.24) is 5.48 Å². The Labute approximate surface area is 123 Å². The smallest absolute Gasteiger partial charge is 0.267 e. The summed E-state index contributed by atoms with van der Waals surface area (Å²) < 4.78 is 5.66. The van der Waals surface area contributed by atoms with Crippen LogP contribution in [0.1, 0.15) is 18.4 Å². The number of ether oxygens (including phenoxy) is 1. The van der Waals surface area contributed by atoms with E-state index >= 15 is 0 Å². The monoisotopic (exact) mass is 286 g/mol. The minimum Gasteiger partial charge on any atom is -0.494 e. The summed E-state index contributed by atoms with van der Waals surface area (Å²) in [6.07, 6.45) is 10.8. The van der Waals surface area contributed by atoms with Crippen molar-refractivity contribution in [2.24, 2.45) is 4.99 Å². The van der Waals surface area contributed by atoms with Gasteiger partial charge >= 0.3 is 0 Å². The van der Waals surface area contributed by atoms with Crippen LogP contribution in [0.4, 0.5) is 0 Å². The van der Waals surface area contributed by atoms with E-state index in [0.717, 1.165) is 24.2 Å². The van der Waals surface area contributed by atoms with Gasteiger partial charge in [-0.2, -0.15) is 0 Å². The summed E-state index contributed by atoms with van der Waals surface area (Å²) >= 11 is 0. The van der Waals surface area contributed by atoms with Gasteiger partial charge in [-0.3, -0.25) is 15.0 Å². The molecule has 0 spiro atoms. The highest BCUT2D eigenvalue weighted by Crippen LogP contribution is 2.14. The SMILES string of the molecule is O=C(/C=C/c1ccc(OCCC2C=CCC=N2)cc1)NO. The van der Waals surface area contributed by atoms with Crippen LogP contribution in [-0.2, 0) is 4.79 Å². The second-order valence-corrected chi connectivity index (χ2v) is 4.58. The Morgan fingerprint density at radius 2 is 2.24 bits per heavy atom. The van der Waals surface area contributed by atoms with E-state index in [1.54, 1.807) is 6.08 Å². The molecular formula is C16H18N2O3.